The summed E-state index contributed by atoms with van der Waals surface area (Å²) in [5.41, 5.74) is 0.957. The monoisotopic (exact) mass is 398 g/mol. The Hall–Kier alpha value is -1.22. The van der Waals surface area contributed by atoms with Crippen LogP contribution in [0.4, 0.5) is 0 Å². The van der Waals surface area contributed by atoms with E-state index in [-0.39, 0.29) is 16.0 Å². The summed E-state index contributed by atoms with van der Waals surface area (Å²) in [5, 5.41) is 3.17. The predicted molar refractivity (Wildman–Crippen MR) is 105 cm³/mol. The first kappa shape index (κ1) is 21.1. The van der Waals surface area contributed by atoms with Crippen molar-refractivity contribution in [2.24, 2.45) is 0 Å². The molecule has 26 heavy (non-hydrogen) atoms. The second-order valence-electron chi connectivity index (χ2n) is 8.48. The lowest BCUT2D eigenvalue weighted by Gasteiger charge is -2.38. The molecule has 1 heterocycles. The number of carbonyl (C=O) groups excluding carboxylic acids is 1. The molecular weight excluding hydrogens is 368 g/mol. The second-order valence-corrected chi connectivity index (χ2v) is 14.9. The fraction of sp³-hybridized carbons (Fsp3) is 0.611. The smallest absolute Gasteiger partial charge is 0.264 e. The van der Waals surface area contributed by atoms with E-state index in [1.165, 1.54) is 12.1 Å². The average Bonchev–Trinajstić information content (AvgIpc) is 2.94. The summed E-state index contributed by atoms with van der Waals surface area (Å²) < 4.78 is 33.2. The zero-order valence-corrected chi connectivity index (χ0v) is 18.2. The van der Waals surface area contributed by atoms with Crippen LogP contribution in [0.2, 0.25) is 18.1 Å². The highest BCUT2D eigenvalue weighted by Gasteiger charge is 2.42. The molecule has 0 bridgehead atoms. The highest BCUT2D eigenvalue weighted by atomic mass is 32.2. The summed E-state index contributed by atoms with van der Waals surface area (Å²) in [6.07, 6.45) is 0.399. The van der Waals surface area contributed by atoms with E-state index in [2.05, 4.69) is 43.9 Å². The molecule has 6 nitrogen and oxygen atoms in total. The molecule has 1 amide bonds. The van der Waals surface area contributed by atoms with Gasteiger partial charge in [0.05, 0.1) is 17.0 Å². The van der Waals surface area contributed by atoms with Gasteiger partial charge in [-0.2, -0.15) is 0 Å². The van der Waals surface area contributed by atoms with Crippen molar-refractivity contribution in [3.63, 3.8) is 0 Å². The molecule has 0 aromatic heterocycles. The van der Waals surface area contributed by atoms with E-state index in [9.17, 15) is 13.2 Å². The van der Waals surface area contributed by atoms with E-state index in [4.69, 9.17) is 4.43 Å². The standard InChI is InChI=1S/C18H30N2O4SSi/c1-13-7-9-15(10-8-13)25(22,23)20-17(21)16-11-14(12-19-16)24-26(5,6)18(2,3)4/h7-10,14,16,19H,11-12H2,1-6H3,(H,20,21)/t14-,16+/m1/s1. The number of benzene rings is 1. The summed E-state index contributed by atoms with van der Waals surface area (Å²) in [6.45, 7) is 13.3. The van der Waals surface area contributed by atoms with E-state index < -0.39 is 30.3 Å². The number of carbonyl (C=O) groups is 1. The molecule has 0 aliphatic carbocycles. The summed E-state index contributed by atoms with van der Waals surface area (Å²) in [4.78, 5) is 12.5. The zero-order chi connectivity index (χ0) is 19.8. The molecule has 8 heteroatoms. The maximum absolute atomic E-state index is 12.4. The quantitative estimate of drug-likeness (QED) is 0.745. The predicted octanol–water partition coefficient (Wildman–Crippen LogP) is 2.55. The molecule has 146 valence electrons. The Morgan fingerprint density at radius 1 is 1.23 bits per heavy atom. The van der Waals surface area contributed by atoms with Gasteiger partial charge in [-0.25, -0.2) is 13.1 Å². The topological polar surface area (TPSA) is 84.5 Å². The molecule has 0 radical (unpaired) electrons. The van der Waals surface area contributed by atoms with Crippen LogP contribution in [0.5, 0.6) is 0 Å². The largest absolute Gasteiger partial charge is 0.413 e. The van der Waals surface area contributed by atoms with Crippen molar-refractivity contribution >= 4 is 24.2 Å². The fourth-order valence-corrected chi connectivity index (χ4v) is 4.95. The fourth-order valence-electron chi connectivity index (χ4n) is 2.57. The third-order valence-corrected chi connectivity index (χ3v) is 11.1. The van der Waals surface area contributed by atoms with E-state index in [0.717, 1.165) is 5.56 Å². The van der Waals surface area contributed by atoms with Gasteiger partial charge < -0.3 is 9.74 Å². The van der Waals surface area contributed by atoms with Crippen LogP contribution in [0, 0.1) is 6.92 Å². The van der Waals surface area contributed by atoms with Crippen LogP contribution in [-0.4, -0.2) is 41.3 Å². The minimum absolute atomic E-state index is 0.0753. The molecule has 2 rings (SSSR count). The van der Waals surface area contributed by atoms with Gasteiger partial charge in [0, 0.05) is 6.54 Å². The Labute approximate surface area is 157 Å². The lowest BCUT2D eigenvalue weighted by atomic mass is 10.2. The maximum Gasteiger partial charge on any atom is 0.264 e. The molecular formula is C18H30N2O4SSi. The van der Waals surface area contributed by atoms with E-state index in [0.29, 0.717) is 13.0 Å². The molecule has 1 saturated heterocycles. The van der Waals surface area contributed by atoms with Gasteiger partial charge >= 0.3 is 0 Å². The van der Waals surface area contributed by atoms with Crippen molar-refractivity contribution in [3.05, 3.63) is 29.8 Å². The van der Waals surface area contributed by atoms with Crippen molar-refractivity contribution in [2.45, 2.75) is 69.3 Å². The highest BCUT2D eigenvalue weighted by molar-refractivity contribution is 7.90. The number of sulfonamides is 1. The van der Waals surface area contributed by atoms with Crippen molar-refractivity contribution in [3.8, 4) is 0 Å². The third kappa shape index (κ3) is 4.94. The first-order valence-electron chi connectivity index (χ1n) is 8.86. The number of nitrogens with one attached hydrogen (secondary N) is 2. The van der Waals surface area contributed by atoms with Crippen molar-refractivity contribution in [1.29, 1.82) is 0 Å². The molecule has 1 aromatic carbocycles. The Balaban J connectivity index is 1.98. The first-order chi connectivity index (χ1) is 11.8. The molecule has 0 saturated carbocycles. The van der Waals surface area contributed by atoms with Gasteiger partial charge in [-0.3, -0.25) is 4.79 Å². The Morgan fingerprint density at radius 3 is 2.35 bits per heavy atom. The van der Waals surface area contributed by atoms with Crippen LogP contribution in [0.25, 0.3) is 0 Å². The zero-order valence-electron chi connectivity index (χ0n) is 16.4. The van der Waals surface area contributed by atoms with Crippen LogP contribution in [0.15, 0.2) is 29.2 Å². The van der Waals surface area contributed by atoms with Crippen LogP contribution in [-0.2, 0) is 19.2 Å². The van der Waals surface area contributed by atoms with Gasteiger partial charge in [-0.15, -0.1) is 0 Å². The van der Waals surface area contributed by atoms with Crippen LogP contribution in [0.1, 0.15) is 32.8 Å². The minimum atomic E-state index is -3.86. The normalized spacial score (nSPS) is 21.6. The molecule has 0 spiro atoms. The summed E-state index contributed by atoms with van der Waals surface area (Å²) in [7, 11) is -5.79. The molecule has 1 fully saturated rings. The second kappa shape index (κ2) is 7.42. The van der Waals surface area contributed by atoms with Gasteiger partial charge in [0.2, 0.25) is 0 Å². The molecule has 2 N–H and O–H groups in total. The lowest BCUT2D eigenvalue weighted by Crippen LogP contribution is -2.44. The van der Waals surface area contributed by atoms with Gasteiger partial charge in [0.25, 0.3) is 15.9 Å². The van der Waals surface area contributed by atoms with Gasteiger partial charge in [0.1, 0.15) is 0 Å². The van der Waals surface area contributed by atoms with Gasteiger partial charge in [0.15, 0.2) is 8.32 Å². The van der Waals surface area contributed by atoms with E-state index in [1.807, 2.05) is 6.92 Å². The minimum Gasteiger partial charge on any atom is -0.413 e. The number of hydrogen-bond donors (Lipinski definition) is 2. The average molecular weight is 399 g/mol. The summed E-state index contributed by atoms with van der Waals surface area (Å²) in [5.74, 6) is -0.535. The molecule has 1 aromatic rings. The number of hydrogen-bond acceptors (Lipinski definition) is 5. The van der Waals surface area contributed by atoms with E-state index in [1.54, 1.807) is 12.1 Å². The Kier molecular flexibility index (Phi) is 6.02. The molecule has 1 aliphatic rings. The van der Waals surface area contributed by atoms with Gasteiger partial charge in [-0.05, 0) is 43.6 Å². The molecule has 0 unspecified atom stereocenters. The third-order valence-electron chi connectivity index (χ3n) is 5.24. The Bertz CT molecular complexity index is 754. The highest BCUT2D eigenvalue weighted by Crippen LogP contribution is 2.38. The van der Waals surface area contributed by atoms with Crippen molar-refractivity contribution in [2.75, 3.05) is 6.54 Å². The SMILES string of the molecule is Cc1ccc(S(=O)(=O)NC(=O)[C@@H]2C[C@@H](O[Si](C)(C)C(C)(C)C)CN2)cc1. The summed E-state index contributed by atoms with van der Waals surface area (Å²) >= 11 is 0. The lowest BCUT2D eigenvalue weighted by molar-refractivity contribution is -0.121. The molecule has 1 aliphatic heterocycles. The first-order valence-corrected chi connectivity index (χ1v) is 13.3. The van der Waals surface area contributed by atoms with Crippen molar-refractivity contribution < 1.29 is 17.6 Å². The number of amides is 1. The van der Waals surface area contributed by atoms with Crippen LogP contribution in [0.3, 0.4) is 0 Å². The van der Waals surface area contributed by atoms with Gasteiger partial charge in [-0.1, -0.05) is 38.5 Å². The summed E-state index contributed by atoms with van der Waals surface area (Å²) in [6, 6.07) is 5.84. The Morgan fingerprint density at radius 2 is 1.81 bits per heavy atom. The number of rotatable bonds is 5. The van der Waals surface area contributed by atoms with Crippen molar-refractivity contribution in [1.82, 2.24) is 10.0 Å². The molecule has 2 atom stereocenters. The number of aryl methyl sites for hydroxylation is 1. The van der Waals surface area contributed by atoms with Crippen LogP contribution >= 0.6 is 0 Å². The van der Waals surface area contributed by atoms with Crippen LogP contribution < -0.4 is 10.0 Å². The maximum atomic E-state index is 12.4. The van der Waals surface area contributed by atoms with E-state index >= 15 is 0 Å².